The first-order valence-corrected chi connectivity index (χ1v) is 6.88. The van der Waals surface area contributed by atoms with Crippen molar-refractivity contribution >= 4 is 16.7 Å². The first kappa shape index (κ1) is 12.3. The van der Waals surface area contributed by atoms with Gasteiger partial charge in [0.05, 0.1) is 5.52 Å². The topological polar surface area (TPSA) is 56.0 Å². The van der Waals surface area contributed by atoms with E-state index in [-0.39, 0.29) is 17.7 Å². The summed E-state index contributed by atoms with van der Waals surface area (Å²) in [6, 6.07) is 10.0. The minimum absolute atomic E-state index is 0.140. The second-order valence-corrected chi connectivity index (χ2v) is 5.39. The lowest BCUT2D eigenvalue weighted by Gasteiger charge is -2.25. The lowest BCUT2D eigenvalue weighted by atomic mass is 9.82. The summed E-state index contributed by atoms with van der Waals surface area (Å²) in [6.45, 7) is 0. The number of aromatic nitrogens is 1. The summed E-state index contributed by atoms with van der Waals surface area (Å²) in [5.74, 6) is 0.389. The molecule has 3 nitrogen and oxygen atoms in total. The Morgan fingerprint density at radius 2 is 1.95 bits per heavy atom. The third-order valence-corrected chi connectivity index (χ3v) is 4.03. The third-order valence-electron chi connectivity index (χ3n) is 4.03. The van der Waals surface area contributed by atoms with E-state index in [0.29, 0.717) is 0 Å². The Bertz CT molecular complexity index is 600. The number of hydrogen-bond donors (Lipinski definition) is 1. The highest BCUT2D eigenvalue weighted by Gasteiger charge is 2.25. The molecule has 1 aliphatic rings. The number of hydrogen-bond acceptors (Lipinski definition) is 3. The molecule has 3 rings (SSSR count). The smallest absolute Gasteiger partial charge is 0.166 e. The van der Waals surface area contributed by atoms with Gasteiger partial charge in [-0.3, -0.25) is 9.78 Å². The maximum Gasteiger partial charge on any atom is 0.166 e. The zero-order chi connectivity index (χ0) is 13.2. The molecule has 0 aliphatic heterocycles. The number of pyridine rings is 1. The Kier molecular flexibility index (Phi) is 3.30. The van der Waals surface area contributed by atoms with Crippen LogP contribution in [-0.4, -0.2) is 16.8 Å². The van der Waals surface area contributed by atoms with Crippen molar-refractivity contribution in [1.82, 2.24) is 4.98 Å². The molecule has 1 aliphatic carbocycles. The van der Waals surface area contributed by atoms with Gasteiger partial charge in [-0.1, -0.05) is 18.2 Å². The molecule has 1 aromatic carbocycles. The van der Waals surface area contributed by atoms with Crippen LogP contribution in [0.3, 0.4) is 0 Å². The quantitative estimate of drug-likeness (QED) is 0.838. The fraction of sp³-hybridized carbons (Fsp3) is 0.375. The number of nitrogens with two attached hydrogens (primary N) is 1. The van der Waals surface area contributed by atoms with Crippen LogP contribution in [0, 0.1) is 5.92 Å². The summed E-state index contributed by atoms with van der Waals surface area (Å²) in [6.07, 6.45) is 5.52. The van der Waals surface area contributed by atoms with E-state index in [4.69, 9.17) is 5.73 Å². The first-order chi connectivity index (χ1) is 9.24. The van der Waals surface area contributed by atoms with E-state index < -0.39 is 0 Å². The molecule has 0 radical (unpaired) electrons. The maximum atomic E-state index is 12.5. The van der Waals surface area contributed by atoms with Gasteiger partial charge in [0.1, 0.15) is 0 Å². The van der Waals surface area contributed by atoms with Crippen molar-refractivity contribution in [2.45, 2.75) is 31.7 Å². The number of nitrogens with zero attached hydrogens (tertiary/aromatic N) is 1. The van der Waals surface area contributed by atoms with Crippen LogP contribution in [0.15, 0.2) is 36.5 Å². The molecule has 98 valence electrons. The standard InChI is InChI=1S/C16H18N2O/c17-14-7-5-12(6-8-14)16(19)13-4-3-11-2-1-9-18-15(11)10-13/h1-4,9-10,12,14H,5-8,17H2. The van der Waals surface area contributed by atoms with Crippen LogP contribution >= 0.6 is 0 Å². The van der Waals surface area contributed by atoms with Crippen LogP contribution in [0.25, 0.3) is 10.9 Å². The number of Topliss-reactive ketones (excluding diaryl/α,β-unsaturated/α-hetero) is 1. The van der Waals surface area contributed by atoms with Crippen molar-refractivity contribution in [3.05, 3.63) is 42.1 Å². The summed E-state index contributed by atoms with van der Waals surface area (Å²) < 4.78 is 0. The second kappa shape index (κ2) is 5.10. The summed E-state index contributed by atoms with van der Waals surface area (Å²) in [5.41, 5.74) is 7.56. The maximum absolute atomic E-state index is 12.5. The molecule has 0 unspecified atom stereocenters. The molecular weight excluding hydrogens is 236 g/mol. The molecule has 3 heteroatoms. The Hall–Kier alpha value is -1.74. The number of ketones is 1. The van der Waals surface area contributed by atoms with E-state index in [0.717, 1.165) is 42.1 Å². The van der Waals surface area contributed by atoms with Crippen molar-refractivity contribution in [2.75, 3.05) is 0 Å². The van der Waals surface area contributed by atoms with Crippen molar-refractivity contribution in [3.8, 4) is 0 Å². The minimum atomic E-state index is 0.140. The largest absolute Gasteiger partial charge is 0.328 e. The minimum Gasteiger partial charge on any atom is -0.328 e. The molecule has 0 atom stereocenters. The summed E-state index contributed by atoms with van der Waals surface area (Å²) in [5, 5.41) is 1.07. The molecule has 2 aromatic rings. The molecule has 1 saturated carbocycles. The van der Waals surface area contributed by atoms with Crippen LogP contribution in [0.4, 0.5) is 0 Å². The number of fused-ring (bicyclic) bond motifs is 1. The SMILES string of the molecule is NC1CCC(C(=O)c2ccc3cccnc3c2)CC1. The summed E-state index contributed by atoms with van der Waals surface area (Å²) in [4.78, 5) is 16.8. The van der Waals surface area contributed by atoms with Crippen LogP contribution in [0.1, 0.15) is 36.0 Å². The average molecular weight is 254 g/mol. The Morgan fingerprint density at radius 1 is 1.16 bits per heavy atom. The normalized spacial score (nSPS) is 23.4. The highest BCUT2D eigenvalue weighted by molar-refractivity contribution is 6.00. The average Bonchev–Trinajstić information content (AvgIpc) is 2.47. The van der Waals surface area contributed by atoms with Gasteiger partial charge in [-0.15, -0.1) is 0 Å². The number of rotatable bonds is 2. The number of carbonyl (C=O) groups is 1. The van der Waals surface area contributed by atoms with Crippen LogP contribution in [0.2, 0.25) is 0 Å². The van der Waals surface area contributed by atoms with Crippen molar-refractivity contribution in [1.29, 1.82) is 0 Å². The van der Waals surface area contributed by atoms with E-state index in [9.17, 15) is 4.79 Å². The fourth-order valence-corrected chi connectivity index (χ4v) is 2.84. The van der Waals surface area contributed by atoms with Crippen LogP contribution < -0.4 is 5.73 Å². The molecule has 0 saturated heterocycles. The lowest BCUT2D eigenvalue weighted by molar-refractivity contribution is 0.0885. The first-order valence-electron chi connectivity index (χ1n) is 6.88. The van der Waals surface area contributed by atoms with Gasteiger partial charge in [0.2, 0.25) is 0 Å². The lowest BCUT2D eigenvalue weighted by Crippen LogP contribution is -2.29. The molecule has 2 N–H and O–H groups in total. The highest BCUT2D eigenvalue weighted by atomic mass is 16.1. The monoisotopic (exact) mass is 254 g/mol. The van der Waals surface area contributed by atoms with Crippen molar-refractivity contribution in [3.63, 3.8) is 0 Å². The molecule has 0 bridgehead atoms. The van der Waals surface area contributed by atoms with Gasteiger partial charge in [0.25, 0.3) is 0 Å². The Labute approximate surface area is 112 Å². The van der Waals surface area contributed by atoms with Gasteiger partial charge in [-0.2, -0.15) is 0 Å². The zero-order valence-corrected chi connectivity index (χ0v) is 10.9. The number of benzene rings is 1. The van der Waals surface area contributed by atoms with E-state index in [2.05, 4.69) is 4.98 Å². The predicted octanol–water partition coefficient (Wildman–Crippen LogP) is 2.94. The molecule has 19 heavy (non-hydrogen) atoms. The van der Waals surface area contributed by atoms with Gasteiger partial charge in [-0.25, -0.2) is 0 Å². The molecule has 0 amide bonds. The van der Waals surface area contributed by atoms with Crippen molar-refractivity contribution in [2.24, 2.45) is 11.7 Å². The molecule has 1 fully saturated rings. The third kappa shape index (κ3) is 2.51. The predicted molar refractivity (Wildman–Crippen MR) is 76.0 cm³/mol. The van der Waals surface area contributed by atoms with Gasteiger partial charge < -0.3 is 5.73 Å². The summed E-state index contributed by atoms with van der Waals surface area (Å²) in [7, 11) is 0. The molecule has 1 aromatic heterocycles. The van der Waals surface area contributed by atoms with Gasteiger partial charge in [0.15, 0.2) is 5.78 Å². The molecule has 1 heterocycles. The van der Waals surface area contributed by atoms with Gasteiger partial charge >= 0.3 is 0 Å². The van der Waals surface area contributed by atoms with Crippen molar-refractivity contribution < 1.29 is 4.79 Å². The summed E-state index contributed by atoms with van der Waals surface area (Å²) >= 11 is 0. The number of carbonyl (C=O) groups excluding carboxylic acids is 1. The van der Waals surface area contributed by atoms with E-state index in [1.54, 1.807) is 6.20 Å². The highest BCUT2D eigenvalue weighted by Crippen LogP contribution is 2.27. The van der Waals surface area contributed by atoms with Gasteiger partial charge in [0, 0.05) is 29.1 Å². The Balaban J connectivity index is 1.85. The molecular formula is C16H18N2O. The van der Waals surface area contributed by atoms with E-state index >= 15 is 0 Å². The van der Waals surface area contributed by atoms with Crippen LogP contribution in [0.5, 0.6) is 0 Å². The zero-order valence-electron chi connectivity index (χ0n) is 10.9. The molecule has 0 spiro atoms. The van der Waals surface area contributed by atoms with Gasteiger partial charge in [-0.05, 0) is 37.8 Å². The van der Waals surface area contributed by atoms with Crippen LogP contribution in [-0.2, 0) is 0 Å². The fourth-order valence-electron chi connectivity index (χ4n) is 2.84. The van der Waals surface area contributed by atoms with E-state index in [1.807, 2.05) is 30.3 Å². The second-order valence-electron chi connectivity index (χ2n) is 5.39. The Morgan fingerprint density at radius 3 is 2.74 bits per heavy atom. The van der Waals surface area contributed by atoms with E-state index in [1.165, 1.54) is 0 Å².